The molecule has 0 bridgehead atoms. The van der Waals surface area contributed by atoms with E-state index in [1.54, 1.807) is 25.6 Å². The number of carbonyl (C=O) groups excluding carboxylic acids is 2. The Morgan fingerprint density at radius 1 is 1.27 bits per heavy atom. The van der Waals surface area contributed by atoms with Crippen molar-refractivity contribution in [2.45, 2.75) is 18.5 Å². The molecule has 0 fully saturated rings. The van der Waals surface area contributed by atoms with Crippen LogP contribution < -0.4 is 10.1 Å². The van der Waals surface area contributed by atoms with Crippen LogP contribution in [0.5, 0.6) is 5.75 Å². The van der Waals surface area contributed by atoms with E-state index in [0.717, 1.165) is 22.2 Å². The molecule has 10 heteroatoms. The molecule has 1 aromatic carbocycles. The van der Waals surface area contributed by atoms with Gasteiger partial charge < -0.3 is 19.4 Å². The lowest BCUT2D eigenvalue weighted by atomic mass is 10.1. The number of thioether (sulfide) groups is 1. The summed E-state index contributed by atoms with van der Waals surface area (Å²) in [4.78, 5) is 32.4. The second-order valence-electron chi connectivity index (χ2n) is 6.18. The first-order valence-electron chi connectivity index (χ1n) is 9.19. The van der Waals surface area contributed by atoms with Gasteiger partial charge in [0.2, 0.25) is 5.91 Å². The van der Waals surface area contributed by atoms with Crippen LogP contribution in [-0.4, -0.2) is 45.9 Å². The normalized spacial score (nSPS) is 10.6. The van der Waals surface area contributed by atoms with E-state index in [-0.39, 0.29) is 24.1 Å². The number of imidazole rings is 1. The summed E-state index contributed by atoms with van der Waals surface area (Å²) in [6.07, 6.45) is 1.88. The molecule has 1 N–H and O–H groups in total. The smallest absolute Gasteiger partial charge is 0.311 e. The standard InChI is InChI=1S/C20H22N4O4S2/c1-4-28-18(26)9-14-11-29-19(22-14)23-17(25)12-30-20-21-10-16(24(20)2)13-5-7-15(27-3)8-6-13/h5-8,10-11H,4,9,12H2,1-3H3,(H,22,23,25). The molecule has 0 unspecified atom stereocenters. The van der Waals surface area contributed by atoms with Gasteiger partial charge in [-0.25, -0.2) is 9.97 Å². The Morgan fingerprint density at radius 2 is 2.03 bits per heavy atom. The van der Waals surface area contributed by atoms with Crippen LogP contribution in [0.2, 0.25) is 0 Å². The second-order valence-corrected chi connectivity index (χ2v) is 7.98. The van der Waals surface area contributed by atoms with E-state index in [9.17, 15) is 9.59 Å². The van der Waals surface area contributed by atoms with E-state index >= 15 is 0 Å². The molecule has 30 heavy (non-hydrogen) atoms. The molecule has 3 aromatic rings. The zero-order chi connectivity index (χ0) is 21.5. The molecule has 0 atom stereocenters. The van der Waals surface area contributed by atoms with Crippen molar-refractivity contribution < 1.29 is 19.1 Å². The number of nitrogens with one attached hydrogen (secondary N) is 1. The molecular weight excluding hydrogens is 424 g/mol. The number of hydrogen-bond acceptors (Lipinski definition) is 8. The molecule has 8 nitrogen and oxygen atoms in total. The third-order valence-electron chi connectivity index (χ3n) is 4.09. The van der Waals surface area contributed by atoms with Crippen LogP contribution in [0, 0.1) is 0 Å². The molecular formula is C20H22N4O4S2. The highest BCUT2D eigenvalue weighted by Crippen LogP contribution is 2.26. The summed E-state index contributed by atoms with van der Waals surface area (Å²) >= 11 is 2.62. The highest BCUT2D eigenvalue weighted by atomic mass is 32.2. The van der Waals surface area contributed by atoms with E-state index in [2.05, 4.69) is 15.3 Å². The molecule has 0 aliphatic carbocycles. The SMILES string of the molecule is CCOC(=O)Cc1csc(NC(=O)CSc2ncc(-c3ccc(OC)cc3)n2C)n1. The molecule has 3 rings (SSSR count). The fourth-order valence-electron chi connectivity index (χ4n) is 2.65. The zero-order valence-electron chi connectivity index (χ0n) is 16.9. The highest BCUT2D eigenvalue weighted by Gasteiger charge is 2.13. The van der Waals surface area contributed by atoms with Crippen LogP contribution in [0.3, 0.4) is 0 Å². The van der Waals surface area contributed by atoms with Crippen LogP contribution in [-0.2, 0) is 27.8 Å². The predicted octanol–water partition coefficient (Wildman–Crippen LogP) is 3.39. The summed E-state index contributed by atoms with van der Waals surface area (Å²) in [5, 5.41) is 5.68. The zero-order valence-corrected chi connectivity index (χ0v) is 18.5. The lowest BCUT2D eigenvalue weighted by Gasteiger charge is -2.07. The summed E-state index contributed by atoms with van der Waals surface area (Å²) in [5.74, 6) is 0.462. The maximum absolute atomic E-state index is 12.3. The first-order chi connectivity index (χ1) is 14.5. The van der Waals surface area contributed by atoms with Crippen LogP contribution >= 0.6 is 23.1 Å². The Hall–Kier alpha value is -2.85. The minimum Gasteiger partial charge on any atom is -0.497 e. The van der Waals surface area contributed by atoms with Crippen LogP contribution in [0.15, 0.2) is 41.0 Å². The average molecular weight is 447 g/mol. The van der Waals surface area contributed by atoms with E-state index in [1.807, 2.05) is 35.9 Å². The lowest BCUT2D eigenvalue weighted by Crippen LogP contribution is -2.14. The lowest BCUT2D eigenvalue weighted by molar-refractivity contribution is -0.142. The minimum absolute atomic E-state index is 0.0936. The Labute approximate surface area is 182 Å². The van der Waals surface area contributed by atoms with E-state index in [1.165, 1.54) is 23.1 Å². The Morgan fingerprint density at radius 3 is 2.73 bits per heavy atom. The third-order valence-corrected chi connectivity index (χ3v) is 5.94. The van der Waals surface area contributed by atoms with Gasteiger partial charge in [-0.05, 0) is 31.2 Å². The number of thiazole rings is 1. The quantitative estimate of drug-likeness (QED) is 0.398. The van der Waals surface area contributed by atoms with E-state index in [0.29, 0.717) is 17.4 Å². The summed E-state index contributed by atoms with van der Waals surface area (Å²) in [5.41, 5.74) is 2.54. The van der Waals surface area contributed by atoms with E-state index < -0.39 is 0 Å². The minimum atomic E-state index is -0.335. The van der Waals surface area contributed by atoms with Gasteiger partial charge in [-0.15, -0.1) is 11.3 Å². The number of rotatable bonds is 9. The fourth-order valence-corrected chi connectivity index (χ4v) is 4.13. The number of carbonyl (C=O) groups is 2. The Bertz CT molecular complexity index is 1010. The number of amides is 1. The first kappa shape index (κ1) is 21.8. The molecule has 1 amide bonds. The molecule has 0 spiro atoms. The summed E-state index contributed by atoms with van der Waals surface area (Å²) < 4.78 is 12.0. The van der Waals surface area contributed by atoms with Crippen molar-refractivity contribution in [1.82, 2.24) is 14.5 Å². The van der Waals surface area contributed by atoms with Crippen molar-refractivity contribution in [2.75, 3.05) is 24.8 Å². The van der Waals surface area contributed by atoms with Crippen molar-refractivity contribution >= 4 is 40.1 Å². The van der Waals surface area contributed by atoms with Gasteiger partial charge >= 0.3 is 5.97 Å². The monoisotopic (exact) mass is 446 g/mol. The van der Waals surface area contributed by atoms with Gasteiger partial charge in [-0.2, -0.15) is 0 Å². The molecule has 0 saturated carbocycles. The van der Waals surface area contributed by atoms with Crippen LogP contribution in [0.4, 0.5) is 5.13 Å². The predicted molar refractivity (Wildman–Crippen MR) is 117 cm³/mol. The number of anilines is 1. The third kappa shape index (κ3) is 5.61. The van der Waals surface area contributed by atoms with Crippen molar-refractivity contribution in [3.63, 3.8) is 0 Å². The topological polar surface area (TPSA) is 95.3 Å². The first-order valence-corrected chi connectivity index (χ1v) is 11.1. The Balaban J connectivity index is 1.54. The number of methoxy groups -OCH3 is 1. The van der Waals surface area contributed by atoms with E-state index in [4.69, 9.17) is 9.47 Å². The van der Waals surface area contributed by atoms with Crippen LogP contribution in [0.1, 0.15) is 12.6 Å². The summed E-state index contributed by atoms with van der Waals surface area (Å²) in [7, 11) is 3.54. The fraction of sp³-hybridized carbons (Fsp3) is 0.300. The molecule has 2 heterocycles. The second kappa shape index (κ2) is 10.3. The van der Waals surface area contributed by atoms with Gasteiger partial charge in [0.1, 0.15) is 5.75 Å². The highest BCUT2D eigenvalue weighted by molar-refractivity contribution is 7.99. The largest absolute Gasteiger partial charge is 0.497 e. The van der Waals surface area contributed by atoms with Gasteiger partial charge in [0.25, 0.3) is 0 Å². The summed E-state index contributed by atoms with van der Waals surface area (Å²) in [6.45, 7) is 2.08. The van der Waals surface area contributed by atoms with Crippen molar-refractivity contribution in [3.8, 4) is 17.0 Å². The van der Waals surface area contributed by atoms with Gasteiger partial charge in [-0.3, -0.25) is 9.59 Å². The van der Waals surface area contributed by atoms with Gasteiger partial charge in [0.05, 0.1) is 43.5 Å². The number of nitrogens with zero attached hydrogens (tertiary/aromatic N) is 3. The average Bonchev–Trinajstić information content (AvgIpc) is 3.32. The molecule has 2 aromatic heterocycles. The molecule has 0 saturated heterocycles. The molecule has 0 radical (unpaired) electrons. The van der Waals surface area contributed by atoms with Crippen molar-refractivity contribution in [3.05, 3.63) is 41.5 Å². The number of esters is 1. The van der Waals surface area contributed by atoms with Gasteiger partial charge in [-0.1, -0.05) is 11.8 Å². The molecule has 158 valence electrons. The van der Waals surface area contributed by atoms with Crippen molar-refractivity contribution in [1.29, 1.82) is 0 Å². The number of benzene rings is 1. The number of aromatic nitrogens is 3. The molecule has 0 aliphatic heterocycles. The Kier molecular flexibility index (Phi) is 7.47. The van der Waals surface area contributed by atoms with Crippen LogP contribution in [0.25, 0.3) is 11.3 Å². The maximum Gasteiger partial charge on any atom is 0.311 e. The summed E-state index contributed by atoms with van der Waals surface area (Å²) in [6, 6.07) is 7.72. The van der Waals surface area contributed by atoms with Gasteiger partial charge in [0.15, 0.2) is 10.3 Å². The maximum atomic E-state index is 12.3. The van der Waals surface area contributed by atoms with Crippen molar-refractivity contribution in [2.24, 2.45) is 7.05 Å². The number of hydrogen-bond donors (Lipinski definition) is 1. The number of ether oxygens (including phenoxy) is 2. The van der Waals surface area contributed by atoms with Gasteiger partial charge in [0, 0.05) is 18.0 Å². The molecule has 0 aliphatic rings.